The number of nitrogens with zero attached hydrogens (tertiary/aromatic N) is 5. The average molecular weight is 535 g/mol. The minimum Gasteiger partial charge on any atom is -0.477 e. The monoisotopic (exact) mass is 534 g/mol. The van der Waals surface area contributed by atoms with Crippen LogP contribution in [0.1, 0.15) is 5.69 Å². The number of aromatic nitrogens is 3. The number of carbonyl (C=O) groups is 3. The number of aliphatic carboxylic acids is 1. The van der Waals surface area contributed by atoms with Crippen LogP contribution in [0, 0.1) is 0 Å². The second-order valence-corrected chi connectivity index (χ2v) is 10.9. The van der Waals surface area contributed by atoms with Gasteiger partial charge in [0.05, 0.1) is 0 Å². The number of nitrogens with two attached hydrogens (primary N) is 2. The summed E-state index contributed by atoms with van der Waals surface area (Å²) < 4.78 is 4.32. The summed E-state index contributed by atoms with van der Waals surface area (Å²) in [6.45, 7) is 0. The Morgan fingerprint density at radius 1 is 1.34 bits per heavy atom. The third-order valence-corrected chi connectivity index (χ3v) is 8.59. The first-order valence-electron chi connectivity index (χ1n) is 8.34. The molecule has 18 heteroatoms. The summed E-state index contributed by atoms with van der Waals surface area (Å²) in [6, 6.07) is -1.04. The number of nitrogen functional groups attached to an aromatic ring is 2. The minimum absolute atomic E-state index is 0.0362. The molecule has 4 heterocycles. The van der Waals surface area contributed by atoms with E-state index in [9.17, 15) is 24.7 Å². The Kier molecular flexibility index (Phi) is 6.17. The molecule has 0 aliphatic carbocycles. The fourth-order valence-electron chi connectivity index (χ4n) is 2.91. The average Bonchev–Trinajstić information content (AvgIpc) is 3.30. The number of rotatable bonds is 6. The Hall–Kier alpha value is -2.60. The summed E-state index contributed by atoms with van der Waals surface area (Å²) in [5, 5.41) is 23.7. The number of hydrogen-bond acceptors (Lipinski definition) is 14. The van der Waals surface area contributed by atoms with Gasteiger partial charge >= 0.3 is 5.97 Å². The molecule has 32 heavy (non-hydrogen) atoms. The first-order chi connectivity index (χ1) is 15.2. The van der Waals surface area contributed by atoms with Crippen molar-refractivity contribution in [2.24, 2.45) is 5.16 Å². The molecule has 2 aromatic rings. The van der Waals surface area contributed by atoms with E-state index in [1.165, 1.54) is 11.8 Å². The molecule has 168 valence electrons. The van der Waals surface area contributed by atoms with Crippen LogP contribution in [0.25, 0.3) is 0 Å². The molecule has 0 bridgehead atoms. The van der Waals surface area contributed by atoms with Crippen molar-refractivity contribution >= 4 is 92.6 Å². The number of β-lactam (4-membered cyclic amide) rings is 1. The van der Waals surface area contributed by atoms with Gasteiger partial charge in [0.2, 0.25) is 5.95 Å². The first kappa shape index (κ1) is 22.6. The number of carbonyl (C=O) groups excluding carboxylic acids is 2. The quantitative estimate of drug-likeness (QED) is 0.148. The van der Waals surface area contributed by atoms with Crippen LogP contribution in [-0.2, 0) is 14.4 Å². The van der Waals surface area contributed by atoms with Crippen LogP contribution in [0.15, 0.2) is 20.1 Å². The number of hydrogen-bond donors (Lipinski definition) is 5. The molecule has 1 saturated heterocycles. The molecule has 0 saturated carbocycles. The Labute approximate surface area is 200 Å². The Morgan fingerprint density at radius 3 is 2.66 bits per heavy atom. The maximum absolute atomic E-state index is 12.8. The number of halogens is 1. The molecule has 2 aromatic heterocycles. The Morgan fingerprint density at radius 2 is 2.09 bits per heavy atom. The van der Waals surface area contributed by atoms with Crippen molar-refractivity contribution < 1.29 is 24.7 Å². The summed E-state index contributed by atoms with van der Waals surface area (Å²) in [5.74, 6) is -2.52. The normalized spacial score (nSPS) is 20.7. The zero-order chi connectivity index (χ0) is 23.2. The Bertz CT molecular complexity index is 1200. The van der Waals surface area contributed by atoms with Crippen LogP contribution >= 0.6 is 58.0 Å². The van der Waals surface area contributed by atoms with Crippen LogP contribution in [0.4, 0.5) is 11.1 Å². The summed E-state index contributed by atoms with van der Waals surface area (Å²) in [5.41, 5.74) is 10.2. The third-order valence-electron chi connectivity index (χ3n) is 4.20. The molecule has 2 amide bonds. The summed E-state index contributed by atoms with van der Waals surface area (Å²) in [6.07, 6.45) is 0. The van der Waals surface area contributed by atoms with E-state index in [1.54, 1.807) is 0 Å². The van der Waals surface area contributed by atoms with E-state index in [1.807, 2.05) is 0 Å². The van der Waals surface area contributed by atoms with E-state index in [0.717, 1.165) is 39.5 Å². The lowest BCUT2D eigenvalue weighted by Crippen LogP contribution is -2.71. The van der Waals surface area contributed by atoms with Crippen LogP contribution in [0.3, 0.4) is 0 Å². The fourth-order valence-corrected chi connectivity index (χ4v) is 7.01. The molecule has 0 aromatic carbocycles. The van der Waals surface area contributed by atoms with Gasteiger partial charge in [0.15, 0.2) is 15.2 Å². The molecule has 2 atom stereocenters. The number of carboxylic acids is 1. The second-order valence-electron chi connectivity index (χ2n) is 6.08. The second kappa shape index (κ2) is 8.74. The van der Waals surface area contributed by atoms with Crippen molar-refractivity contribution in [2.45, 2.75) is 15.8 Å². The lowest BCUT2D eigenvalue weighted by Gasteiger charge is -2.49. The van der Waals surface area contributed by atoms with E-state index >= 15 is 0 Å². The van der Waals surface area contributed by atoms with E-state index in [-0.39, 0.29) is 32.6 Å². The Balaban J connectivity index is 1.53. The molecule has 1 fully saturated rings. The van der Waals surface area contributed by atoms with Gasteiger partial charge in [-0.3, -0.25) is 14.5 Å². The van der Waals surface area contributed by atoms with Gasteiger partial charge in [-0.2, -0.15) is 9.36 Å². The maximum atomic E-state index is 12.8. The molecule has 0 radical (unpaired) electrons. The van der Waals surface area contributed by atoms with Crippen LogP contribution in [0.5, 0.6) is 0 Å². The predicted molar refractivity (Wildman–Crippen MR) is 120 cm³/mol. The largest absolute Gasteiger partial charge is 0.477 e. The predicted octanol–water partition coefficient (Wildman–Crippen LogP) is 0.479. The molecule has 0 spiro atoms. The van der Waals surface area contributed by atoms with Gasteiger partial charge in [-0.05, 0) is 11.5 Å². The van der Waals surface area contributed by atoms with Gasteiger partial charge in [-0.1, -0.05) is 39.9 Å². The van der Waals surface area contributed by atoms with Crippen LogP contribution < -0.4 is 16.8 Å². The fraction of sp³-hybridized carbons (Fsp3) is 0.214. The zero-order valence-electron chi connectivity index (χ0n) is 15.4. The number of anilines is 2. The molecule has 1 unspecified atom stereocenters. The van der Waals surface area contributed by atoms with Crippen molar-refractivity contribution in [1.29, 1.82) is 0 Å². The molecule has 4 rings (SSSR count). The van der Waals surface area contributed by atoms with E-state index < -0.39 is 34.9 Å². The number of oxime groups is 1. The SMILES string of the molecule is Nc1nsc(SC2=C(C(=O)O)N3C(=O)[C@@H](NC(=O)/C(=N/O)c4nc(N)sc4Cl)C3SC2)n1. The zero-order valence-corrected chi connectivity index (χ0v) is 19.4. The highest BCUT2D eigenvalue weighted by Crippen LogP contribution is 2.45. The number of fused-ring (bicyclic) bond motifs is 1. The molecular formula is C14H11ClN8O5S4. The third kappa shape index (κ3) is 3.96. The van der Waals surface area contributed by atoms with Crippen LogP contribution in [-0.4, -0.2) is 70.2 Å². The molecule has 2 aliphatic heterocycles. The standard InChI is InChI=1S/C14H11ClN8O5S4/c15-7-3(19-13(17)31-7)4(21-28)8(24)18-5-9(25)23-6(11(26)27)2(1-29-10(5)23)30-14-20-12(16)22-32-14/h5,10,28H,1H2,(H2,16,22)(H2,17,19)(H,18,24)(H,26,27)/b21-4+/t5-,10?/m1/s1. The van der Waals surface area contributed by atoms with Gasteiger partial charge in [0.25, 0.3) is 11.8 Å². The lowest BCUT2D eigenvalue weighted by atomic mass is 10.0. The van der Waals surface area contributed by atoms with Gasteiger partial charge in [-0.25, -0.2) is 9.78 Å². The lowest BCUT2D eigenvalue weighted by molar-refractivity contribution is -0.150. The highest BCUT2D eigenvalue weighted by molar-refractivity contribution is 8.07. The molecular weight excluding hydrogens is 524 g/mol. The van der Waals surface area contributed by atoms with Gasteiger partial charge in [-0.15, -0.1) is 11.8 Å². The number of amides is 2. The first-order valence-corrected chi connectivity index (χ1v) is 12.2. The van der Waals surface area contributed by atoms with Gasteiger partial charge in [0, 0.05) is 10.7 Å². The highest BCUT2D eigenvalue weighted by atomic mass is 35.5. The summed E-state index contributed by atoms with van der Waals surface area (Å²) in [7, 11) is 0. The summed E-state index contributed by atoms with van der Waals surface area (Å²) in [4.78, 5) is 46.6. The van der Waals surface area contributed by atoms with Crippen molar-refractivity contribution in [3.8, 4) is 0 Å². The van der Waals surface area contributed by atoms with Gasteiger partial charge < -0.3 is 27.1 Å². The highest BCUT2D eigenvalue weighted by Gasteiger charge is 2.54. The van der Waals surface area contributed by atoms with Crippen LogP contribution in [0.2, 0.25) is 4.34 Å². The topological polar surface area (TPSA) is 210 Å². The molecule has 13 nitrogen and oxygen atoms in total. The van der Waals surface area contributed by atoms with Crippen molar-refractivity contribution in [3.05, 3.63) is 20.6 Å². The van der Waals surface area contributed by atoms with E-state index in [4.69, 9.17) is 23.1 Å². The minimum atomic E-state index is -1.30. The van der Waals surface area contributed by atoms with E-state index in [0.29, 0.717) is 9.24 Å². The van der Waals surface area contributed by atoms with Crippen molar-refractivity contribution in [1.82, 2.24) is 24.6 Å². The number of thiazole rings is 1. The van der Waals surface area contributed by atoms with Crippen molar-refractivity contribution in [3.63, 3.8) is 0 Å². The maximum Gasteiger partial charge on any atom is 0.353 e. The number of thioether (sulfide) groups is 2. The van der Waals surface area contributed by atoms with Gasteiger partial charge in [0.1, 0.15) is 27.1 Å². The van der Waals surface area contributed by atoms with E-state index in [2.05, 4.69) is 24.8 Å². The summed E-state index contributed by atoms with van der Waals surface area (Å²) >= 11 is 10.2. The smallest absolute Gasteiger partial charge is 0.353 e. The number of nitrogens with one attached hydrogen (secondary N) is 1. The van der Waals surface area contributed by atoms with Crippen molar-refractivity contribution in [2.75, 3.05) is 17.2 Å². The number of carboxylic acid groups (broad SMARTS) is 1. The molecule has 7 N–H and O–H groups in total. The molecule has 2 aliphatic rings.